The molecule has 2 N–H and O–H groups in total. The van der Waals surface area contributed by atoms with Crippen molar-refractivity contribution in [1.82, 2.24) is 14.8 Å². The van der Waals surface area contributed by atoms with Gasteiger partial charge in [-0.2, -0.15) is 0 Å². The number of aromatic nitrogens is 1. The highest BCUT2D eigenvalue weighted by Crippen LogP contribution is 2.32. The van der Waals surface area contributed by atoms with Crippen LogP contribution in [0.15, 0.2) is 29.2 Å². The minimum Gasteiger partial charge on any atom is -0.503 e. The second-order valence-electron chi connectivity index (χ2n) is 8.54. The highest BCUT2D eigenvalue weighted by Gasteiger charge is 2.40. The van der Waals surface area contributed by atoms with Gasteiger partial charge in [0.2, 0.25) is 11.8 Å². The van der Waals surface area contributed by atoms with E-state index in [-0.39, 0.29) is 36.5 Å². The SMILES string of the molecule is COCCCN(C=O)CC1(n2cc(C(=O)NCc3ccc(F)cc3F)c(=O)c(O)c2C)CCOC1. The van der Waals surface area contributed by atoms with Crippen molar-refractivity contribution < 1.29 is 33.0 Å². The van der Waals surface area contributed by atoms with Gasteiger partial charge in [-0.1, -0.05) is 6.07 Å². The molecule has 1 aromatic carbocycles. The van der Waals surface area contributed by atoms with Gasteiger partial charge in [0.25, 0.3) is 5.91 Å². The number of carbonyl (C=O) groups excluding carboxylic acids is 2. The summed E-state index contributed by atoms with van der Waals surface area (Å²) in [5, 5.41) is 13.0. The van der Waals surface area contributed by atoms with Gasteiger partial charge in [0.1, 0.15) is 17.2 Å². The lowest BCUT2D eigenvalue weighted by Gasteiger charge is -2.36. The lowest BCUT2D eigenvalue weighted by molar-refractivity contribution is -0.119. The maximum absolute atomic E-state index is 13.9. The average molecular weight is 494 g/mol. The van der Waals surface area contributed by atoms with Crippen molar-refractivity contribution in [3.8, 4) is 5.75 Å². The summed E-state index contributed by atoms with van der Waals surface area (Å²) >= 11 is 0. The molecule has 2 heterocycles. The Bertz CT molecular complexity index is 1130. The maximum atomic E-state index is 13.9. The number of methoxy groups -OCH3 is 1. The molecule has 1 aliphatic rings. The molecule has 3 rings (SSSR count). The van der Waals surface area contributed by atoms with E-state index in [4.69, 9.17) is 9.47 Å². The molecule has 1 unspecified atom stereocenters. The zero-order valence-corrected chi connectivity index (χ0v) is 19.7. The smallest absolute Gasteiger partial charge is 0.257 e. The number of carbonyl (C=O) groups is 2. The highest BCUT2D eigenvalue weighted by atomic mass is 19.1. The molecule has 1 aromatic heterocycles. The third kappa shape index (κ3) is 5.85. The van der Waals surface area contributed by atoms with Crippen LogP contribution in [0.3, 0.4) is 0 Å². The Hall–Kier alpha value is -3.31. The maximum Gasteiger partial charge on any atom is 0.257 e. The van der Waals surface area contributed by atoms with Crippen LogP contribution in [-0.2, 0) is 26.4 Å². The number of hydrogen-bond donors (Lipinski definition) is 2. The van der Waals surface area contributed by atoms with Gasteiger partial charge in [-0.15, -0.1) is 0 Å². The van der Waals surface area contributed by atoms with Crippen LogP contribution >= 0.6 is 0 Å². The molecular formula is C24H29F2N3O6. The summed E-state index contributed by atoms with van der Waals surface area (Å²) in [7, 11) is 1.57. The third-order valence-electron chi connectivity index (χ3n) is 6.15. The third-order valence-corrected chi connectivity index (χ3v) is 6.15. The molecule has 0 aliphatic carbocycles. The lowest BCUT2D eigenvalue weighted by atomic mass is 9.95. The van der Waals surface area contributed by atoms with Crippen molar-refractivity contribution in [2.24, 2.45) is 0 Å². The van der Waals surface area contributed by atoms with E-state index < -0.39 is 34.3 Å². The van der Waals surface area contributed by atoms with E-state index in [0.29, 0.717) is 38.7 Å². The van der Waals surface area contributed by atoms with Gasteiger partial charge in [-0.25, -0.2) is 8.78 Å². The van der Waals surface area contributed by atoms with Crippen molar-refractivity contribution >= 4 is 12.3 Å². The Labute approximate surface area is 201 Å². The van der Waals surface area contributed by atoms with E-state index in [1.165, 1.54) is 12.3 Å². The Balaban J connectivity index is 1.91. The topological polar surface area (TPSA) is 110 Å². The second-order valence-corrected chi connectivity index (χ2v) is 8.54. The second kappa shape index (κ2) is 11.4. The Kier molecular flexibility index (Phi) is 8.57. The number of benzene rings is 1. The molecule has 0 spiro atoms. The Morgan fingerprint density at radius 1 is 1.40 bits per heavy atom. The van der Waals surface area contributed by atoms with Crippen LogP contribution in [0.1, 0.15) is 34.5 Å². The van der Waals surface area contributed by atoms with Gasteiger partial charge < -0.3 is 29.4 Å². The number of pyridine rings is 1. The predicted molar refractivity (Wildman–Crippen MR) is 122 cm³/mol. The molecule has 9 nitrogen and oxygen atoms in total. The summed E-state index contributed by atoms with van der Waals surface area (Å²) in [4.78, 5) is 38.9. The quantitative estimate of drug-likeness (QED) is 0.364. The fourth-order valence-corrected chi connectivity index (χ4v) is 4.23. The van der Waals surface area contributed by atoms with Gasteiger partial charge in [0.15, 0.2) is 5.75 Å². The van der Waals surface area contributed by atoms with Crippen LogP contribution in [-0.4, -0.2) is 66.9 Å². The molecule has 11 heteroatoms. The van der Waals surface area contributed by atoms with E-state index in [9.17, 15) is 28.3 Å². The van der Waals surface area contributed by atoms with Crippen molar-refractivity contribution in [1.29, 1.82) is 0 Å². The predicted octanol–water partition coefficient (Wildman–Crippen LogP) is 1.68. The van der Waals surface area contributed by atoms with E-state index in [1.54, 1.807) is 23.5 Å². The summed E-state index contributed by atoms with van der Waals surface area (Å²) in [5.74, 6) is -3.02. The molecule has 1 fully saturated rings. The molecule has 1 atom stereocenters. The number of rotatable bonds is 11. The summed E-state index contributed by atoms with van der Waals surface area (Å²) in [6.45, 7) is 2.99. The number of hydrogen-bond acceptors (Lipinski definition) is 6. The summed E-state index contributed by atoms with van der Waals surface area (Å²) in [5.41, 5.74) is -1.78. The van der Waals surface area contributed by atoms with Crippen LogP contribution in [0.5, 0.6) is 5.75 Å². The number of ether oxygens (including phenoxy) is 2. The number of aromatic hydroxyl groups is 1. The summed E-state index contributed by atoms with van der Waals surface area (Å²) in [6, 6.07) is 2.95. The molecular weight excluding hydrogens is 464 g/mol. The first-order chi connectivity index (χ1) is 16.7. The van der Waals surface area contributed by atoms with Crippen molar-refractivity contribution in [2.45, 2.75) is 31.8 Å². The minimum atomic E-state index is -0.878. The Morgan fingerprint density at radius 3 is 2.80 bits per heavy atom. The lowest BCUT2D eigenvalue weighted by Crippen LogP contribution is -2.47. The van der Waals surface area contributed by atoms with E-state index in [0.717, 1.165) is 12.5 Å². The fraction of sp³-hybridized carbons (Fsp3) is 0.458. The van der Waals surface area contributed by atoms with Gasteiger partial charge in [0.05, 0.1) is 17.8 Å². The molecule has 1 saturated heterocycles. The van der Waals surface area contributed by atoms with Crippen LogP contribution in [0.2, 0.25) is 0 Å². The molecule has 0 bridgehead atoms. The van der Waals surface area contributed by atoms with E-state index in [2.05, 4.69) is 5.32 Å². The minimum absolute atomic E-state index is 0.0368. The van der Waals surface area contributed by atoms with Gasteiger partial charge in [0, 0.05) is 57.8 Å². The first-order valence-electron chi connectivity index (χ1n) is 11.2. The normalized spacial score (nSPS) is 17.4. The van der Waals surface area contributed by atoms with Gasteiger partial charge >= 0.3 is 0 Å². The van der Waals surface area contributed by atoms with Crippen molar-refractivity contribution in [3.05, 3.63) is 63.1 Å². The van der Waals surface area contributed by atoms with E-state index >= 15 is 0 Å². The number of nitrogens with zero attached hydrogens (tertiary/aromatic N) is 2. The number of halogens is 2. The molecule has 0 radical (unpaired) electrons. The highest BCUT2D eigenvalue weighted by molar-refractivity contribution is 5.94. The van der Waals surface area contributed by atoms with Crippen LogP contribution in [0.4, 0.5) is 8.78 Å². The zero-order valence-electron chi connectivity index (χ0n) is 19.7. The molecule has 2 amide bonds. The monoisotopic (exact) mass is 493 g/mol. The zero-order chi connectivity index (χ0) is 25.6. The molecule has 190 valence electrons. The molecule has 35 heavy (non-hydrogen) atoms. The summed E-state index contributed by atoms with van der Waals surface area (Å²) in [6.07, 6.45) is 3.15. The standard InChI is InChI=1S/C24H29F2N3O6/c1-16-21(31)22(32)19(23(33)27-11-17-4-5-18(25)10-20(17)26)12-29(16)24(6-9-35-14-24)13-28(15-30)7-3-8-34-2/h4-5,10,12,15,31H,3,6-9,11,13-14H2,1-2H3,(H,27,33). The molecule has 2 aromatic rings. The summed E-state index contributed by atoms with van der Waals surface area (Å²) < 4.78 is 39.3. The number of amides is 2. The van der Waals surface area contributed by atoms with Gasteiger partial charge in [-0.05, 0) is 25.8 Å². The average Bonchev–Trinajstić information content (AvgIpc) is 3.30. The molecule has 0 saturated carbocycles. The largest absolute Gasteiger partial charge is 0.503 e. The first-order valence-corrected chi connectivity index (χ1v) is 11.2. The molecule has 1 aliphatic heterocycles. The van der Waals surface area contributed by atoms with Gasteiger partial charge in [-0.3, -0.25) is 14.4 Å². The first kappa shape index (κ1) is 26.3. The van der Waals surface area contributed by atoms with E-state index in [1.807, 2.05) is 0 Å². The number of nitrogens with one attached hydrogen (secondary N) is 1. The van der Waals surface area contributed by atoms with Crippen LogP contribution in [0.25, 0.3) is 0 Å². The fourth-order valence-electron chi connectivity index (χ4n) is 4.23. The van der Waals surface area contributed by atoms with Crippen LogP contribution < -0.4 is 10.7 Å². The van der Waals surface area contributed by atoms with Crippen LogP contribution in [0, 0.1) is 18.6 Å². The van der Waals surface area contributed by atoms with Crippen molar-refractivity contribution in [2.75, 3.05) is 40.0 Å². The Morgan fingerprint density at radius 2 is 2.17 bits per heavy atom. The van der Waals surface area contributed by atoms with Crippen molar-refractivity contribution in [3.63, 3.8) is 0 Å².